The van der Waals surface area contributed by atoms with Crippen LogP contribution in [0.25, 0.3) is 0 Å². The molecule has 6 heteroatoms. The highest BCUT2D eigenvalue weighted by Crippen LogP contribution is 2.24. The molecule has 0 atom stereocenters. The summed E-state index contributed by atoms with van der Waals surface area (Å²) in [6.07, 6.45) is 0.667. The van der Waals surface area contributed by atoms with Gasteiger partial charge in [0.2, 0.25) is 11.8 Å². The summed E-state index contributed by atoms with van der Waals surface area (Å²) in [5.74, 6) is 0.0832. The van der Waals surface area contributed by atoms with Gasteiger partial charge in [-0.05, 0) is 62.6 Å². The molecule has 0 saturated heterocycles. The van der Waals surface area contributed by atoms with Gasteiger partial charge in [0, 0.05) is 17.3 Å². The van der Waals surface area contributed by atoms with Crippen molar-refractivity contribution < 1.29 is 14.3 Å². The van der Waals surface area contributed by atoms with Crippen molar-refractivity contribution in [2.45, 2.75) is 27.2 Å². The van der Waals surface area contributed by atoms with Crippen LogP contribution in [0.5, 0.6) is 5.75 Å². The van der Waals surface area contributed by atoms with Gasteiger partial charge in [0.25, 0.3) is 0 Å². The van der Waals surface area contributed by atoms with E-state index in [1.807, 2.05) is 37.3 Å². The quantitative estimate of drug-likeness (QED) is 0.705. The minimum atomic E-state index is -1.21. The second-order valence-corrected chi connectivity index (χ2v) is 7.33. The molecule has 27 heavy (non-hydrogen) atoms. The molecule has 0 radical (unpaired) electrons. The van der Waals surface area contributed by atoms with Crippen LogP contribution in [0, 0.1) is 12.3 Å². The number of aryl methyl sites for hydroxylation is 1. The largest absolute Gasteiger partial charge is 0.497 e. The lowest BCUT2D eigenvalue weighted by molar-refractivity contribution is -0.138. The lowest BCUT2D eigenvalue weighted by Crippen LogP contribution is -2.45. The van der Waals surface area contributed by atoms with Gasteiger partial charge in [-0.1, -0.05) is 29.8 Å². The van der Waals surface area contributed by atoms with E-state index < -0.39 is 5.41 Å². The van der Waals surface area contributed by atoms with E-state index in [1.165, 1.54) is 0 Å². The van der Waals surface area contributed by atoms with E-state index in [4.69, 9.17) is 16.3 Å². The summed E-state index contributed by atoms with van der Waals surface area (Å²) in [4.78, 5) is 25.1. The second kappa shape index (κ2) is 8.91. The number of amides is 2. The monoisotopic (exact) mass is 388 g/mol. The highest BCUT2D eigenvalue weighted by molar-refractivity contribution is 6.31. The van der Waals surface area contributed by atoms with Crippen LogP contribution in [-0.4, -0.2) is 25.5 Å². The summed E-state index contributed by atoms with van der Waals surface area (Å²) in [6, 6.07) is 12.9. The van der Waals surface area contributed by atoms with E-state index in [2.05, 4.69) is 10.6 Å². The minimum Gasteiger partial charge on any atom is -0.497 e. The number of anilines is 1. The molecule has 0 heterocycles. The van der Waals surface area contributed by atoms with Crippen molar-refractivity contribution in [1.29, 1.82) is 0 Å². The predicted octanol–water partition coefficient (Wildman–Crippen LogP) is 3.98. The van der Waals surface area contributed by atoms with Gasteiger partial charge < -0.3 is 15.4 Å². The number of carbonyl (C=O) groups excluding carboxylic acids is 2. The molecule has 2 amide bonds. The van der Waals surface area contributed by atoms with Crippen molar-refractivity contribution in [3.63, 3.8) is 0 Å². The number of benzene rings is 2. The molecule has 0 unspecified atom stereocenters. The van der Waals surface area contributed by atoms with Crippen molar-refractivity contribution in [3.8, 4) is 5.75 Å². The van der Waals surface area contributed by atoms with Gasteiger partial charge in [0.1, 0.15) is 11.2 Å². The Morgan fingerprint density at radius 2 is 1.74 bits per heavy atom. The molecule has 2 aromatic rings. The van der Waals surface area contributed by atoms with Crippen LogP contribution in [0.3, 0.4) is 0 Å². The van der Waals surface area contributed by atoms with Gasteiger partial charge in [-0.25, -0.2) is 0 Å². The number of halogens is 1. The summed E-state index contributed by atoms with van der Waals surface area (Å²) < 4.78 is 5.13. The molecule has 0 fully saturated rings. The number of ether oxygens (including phenoxy) is 1. The topological polar surface area (TPSA) is 67.4 Å². The zero-order valence-electron chi connectivity index (χ0n) is 16.1. The maximum Gasteiger partial charge on any atom is 0.239 e. The molecular weight excluding hydrogens is 364 g/mol. The fourth-order valence-corrected chi connectivity index (χ4v) is 2.62. The molecule has 0 aliphatic carbocycles. The van der Waals surface area contributed by atoms with Crippen LogP contribution in [-0.2, 0) is 16.0 Å². The normalized spacial score (nSPS) is 11.0. The Morgan fingerprint density at radius 3 is 2.37 bits per heavy atom. The van der Waals surface area contributed by atoms with Gasteiger partial charge in [-0.15, -0.1) is 0 Å². The summed E-state index contributed by atoms with van der Waals surface area (Å²) >= 11 is 5.98. The smallest absolute Gasteiger partial charge is 0.239 e. The first-order valence-electron chi connectivity index (χ1n) is 8.73. The summed E-state index contributed by atoms with van der Waals surface area (Å²) in [6.45, 7) is 5.52. The summed E-state index contributed by atoms with van der Waals surface area (Å²) in [7, 11) is 1.62. The maximum atomic E-state index is 12.6. The van der Waals surface area contributed by atoms with Gasteiger partial charge in [0.05, 0.1) is 7.11 Å². The van der Waals surface area contributed by atoms with Crippen molar-refractivity contribution >= 4 is 29.1 Å². The van der Waals surface area contributed by atoms with Crippen molar-refractivity contribution in [2.75, 3.05) is 19.0 Å². The Balaban J connectivity index is 1.92. The zero-order chi connectivity index (χ0) is 20.0. The molecule has 0 aliphatic rings. The average Bonchev–Trinajstić information content (AvgIpc) is 2.65. The molecule has 2 aromatic carbocycles. The molecule has 2 N–H and O–H groups in total. The molecule has 0 aliphatic heterocycles. The summed E-state index contributed by atoms with van der Waals surface area (Å²) in [5, 5.41) is 6.16. The Bertz CT molecular complexity index is 817. The highest BCUT2D eigenvalue weighted by Gasteiger charge is 2.36. The van der Waals surface area contributed by atoms with E-state index >= 15 is 0 Å². The fourth-order valence-electron chi connectivity index (χ4n) is 2.44. The van der Waals surface area contributed by atoms with Crippen LogP contribution >= 0.6 is 11.6 Å². The Labute approximate surface area is 165 Å². The maximum absolute atomic E-state index is 12.6. The third kappa shape index (κ3) is 5.47. The molecule has 0 bridgehead atoms. The first kappa shape index (κ1) is 20.8. The highest BCUT2D eigenvalue weighted by atomic mass is 35.5. The van der Waals surface area contributed by atoms with Gasteiger partial charge >= 0.3 is 0 Å². The number of methoxy groups -OCH3 is 1. The first-order valence-corrected chi connectivity index (χ1v) is 9.10. The molecule has 0 spiro atoms. The van der Waals surface area contributed by atoms with Crippen molar-refractivity contribution in [2.24, 2.45) is 5.41 Å². The second-order valence-electron chi connectivity index (χ2n) is 6.89. The van der Waals surface area contributed by atoms with E-state index in [9.17, 15) is 9.59 Å². The number of carbonyl (C=O) groups is 2. The first-order chi connectivity index (χ1) is 12.7. The lowest BCUT2D eigenvalue weighted by atomic mass is 9.90. The number of nitrogens with one attached hydrogen (secondary N) is 2. The lowest BCUT2D eigenvalue weighted by Gasteiger charge is -2.23. The Kier molecular flexibility index (Phi) is 6.86. The third-order valence-corrected chi connectivity index (χ3v) is 4.68. The SMILES string of the molecule is COc1ccc(CCNC(=O)C(C)(C)C(=O)Nc2cc(Cl)ccc2C)cc1. The molecule has 144 valence electrons. The van der Waals surface area contributed by atoms with Gasteiger partial charge in [-0.3, -0.25) is 9.59 Å². The minimum absolute atomic E-state index is 0.326. The van der Waals surface area contributed by atoms with E-state index in [0.717, 1.165) is 16.9 Å². The van der Waals surface area contributed by atoms with Crippen molar-refractivity contribution in [1.82, 2.24) is 5.32 Å². The fraction of sp³-hybridized carbons (Fsp3) is 0.333. The van der Waals surface area contributed by atoms with Crippen LogP contribution in [0.1, 0.15) is 25.0 Å². The number of hydrogen-bond donors (Lipinski definition) is 2. The average molecular weight is 389 g/mol. The number of hydrogen-bond acceptors (Lipinski definition) is 3. The molecule has 5 nitrogen and oxygen atoms in total. The van der Waals surface area contributed by atoms with Crippen molar-refractivity contribution in [3.05, 3.63) is 58.6 Å². The molecule has 2 rings (SSSR count). The molecule has 0 aromatic heterocycles. The summed E-state index contributed by atoms with van der Waals surface area (Å²) in [5.41, 5.74) is 1.34. The molecular formula is C21H25ClN2O3. The van der Waals surface area contributed by atoms with Crippen LogP contribution in [0.4, 0.5) is 5.69 Å². The van der Waals surface area contributed by atoms with Gasteiger partial charge in [-0.2, -0.15) is 0 Å². The Hall–Kier alpha value is -2.53. The zero-order valence-corrected chi connectivity index (χ0v) is 16.8. The standard InChI is InChI=1S/C21H25ClN2O3/c1-14-5-8-16(22)13-18(14)24-20(26)21(2,3)19(25)23-12-11-15-6-9-17(27-4)10-7-15/h5-10,13H,11-12H2,1-4H3,(H,23,25)(H,24,26). The van der Waals surface area contributed by atoms with Crippen LogP contribution in [0.15, 0.2) is 42.5 Å². The van der Waals surface area contributed by atoms with Gasteiger partial charge in [0.15, 0.2) is 0 Å². The van der Waals surface area contributed by atoms with Crippen LogP contribution < -0.4 is 15.4 Å². The number of rotatable bonds is 7. The predicted molar refractivity (Wildman–Crippen MR) is 108 cm³/mol. The van der Waals surface area contributed by atoms with E-state index in [-0.39, 0.29) is 11.8 Å². The molecule has 0 saturated carbocycles. The van der Waals surface area contributed by atoms with E-state index in [1.54, 1.807) is 33.1 Å². The van der Waals surface area contributed by atoms with Crippen LogP contribution in [0.2, 0.25) is 5.02 Å². The Morgan fingerprint density at radius 1 is 1.07 bits per heavy atom. The third-order valence-electron chi connectivity index (χ3n) is 4.44. The van der Waals surface area contributed by atoms with E-state index in [0.29, 0.717) is 23.7 Å².